The van der Waals surface area contributed by atoms with Gasteiger partial charge in [0.1, 0.15) is 11.6 Å². The third kappa shape index (κ3) is 8.37. The Morgan fingerprint density at radius 1 is 0.971 bits per heavy atom. The van der Waals surface area contributed by atoms with Gasteiger partial charge in [-0.3, -0.25) is 9.59 Å². The number of nitrogens with zero attached hydrogens (tertiary/aromatic N) is 1. The molecule has 0 radical (unpaired) electrons. The van der Waals surface area contributed by atoms with E-state index < -0.39 is 0 Å². The Kier molecular flexibility index (Phi) is 9.75. The number of nitrogens with one attached hydrogen (secondary N) is 2. The van der Waals surface area contributed by atoms with Gasteiger partial charge >= 0.3 is 0 Å². The Bertz CT molecular complexity index is 1140. The van der Waals surface area contributed by atoms with Gasteiger partial charge in [0.05, 0.1) is 12.0 Å². The first kappa shape index (κ1) is 25.6. The molecule has 0 heterocycles. The van der Waals surface area contributed by atoms with E-state index in [1.54, 1.807) is 42.5 Å². The van der Waals surface area contributed by atoms with Gasteiger partial charge in [-0.1, -0.05) is 29.3 Å². The molecule has 0 atom stereocenters. The highest BCUT2D eigenvalue weighted by molar-refractivity contribution is 7.99. The molecule has 0 saturated carbocycles. The molecule has 3 aromatic rings. The molecule has 0 unspecified atom stereocenters. The Labute approximate surface area is 210 Å². The number of carbonyl (C=O) groups excluding carboxylic acids is 2. The molecule has 176 valence electrons. The first-order chi connectivity index (χ1) is 16.4. The fraction of sp³-hybridized carbons (Fsp3) is 0.125. The molecule has 3 rings (SSSR count). The van der Waals surface area contributed by atoms with Crippen LogP contribution in [0.5, 0.6) is 5.75 Å². The van der Waals surface area contributed by atoms with Gasteiger partial charge < -0.3 is 10.1 Å². The second-order valence-corrected chi connectivity index (χ2v) is 8.70. The lowest BCUT2D eigenvalue weighted by molar-refractivity contribution is -0.119. The number of halogens is 3. The molecular formula is C24H20Cl2FN3O3S. The summed E-state index contributed by atoms with van der Waals surface area (Å²) >= 11 is 13.6. The van der Waals surface area contributed by atoms with E-state index in [0.29, 0.717) is 27.2 Å². The summed E-state index contributed by atoms with van der Waals surface area (Å²) in [7, 11) is 0. The maximum absolute atomic E-state index is 12.9. The van der Waals surface area contributed by atoms with Gasteiger partial charge in [0, 0.05) is 21.5 Å². The summed E-state index contributed by atoms with van der Waals surface area (Å²) in [4.78, 5) is 23.9. The summed E-state index contributed by atoms with van der Waals surface area (Å²) in [5.74, 6) is 0.205. The zero-order valence-corrected chi connectivity index (χ0v) is 20.1. The highest BCUT2D eigenvalue weighted by Gasteiger charge is 2.07. The molecule has 0 saturated heterocycles. The first-order valence-corrected chi connectivity index (χ1v) is 11.9. The number of hydrogen-bond donors (Lipinski definition) is 2. The summed E-state index contributed by atoms with van der Waals surface area (Å²) in [6.07, 6.45) is 1.50. The van der Waals surface area contributed by atoms with Gasteiger partial charge in [-0.25, -0.2) is 9.82 Å². The van der Waals surface area contributed by atoms with Crippen molar-refractivity contribution in [1.82, 2.24) is 5.43 Å². The summed E-state index contributed by atoms with van der Waals surface area (Å²) in [5.41, 5.74) is 4.47. The van der Waals surface area contributed by atoms with Gasteiger partial charge in [0.15, 0.2) is 6.61 Å². The second kappa shape index (κ2) is 13.0. The molecule has 2 amide bonds. The van der Waals surface area contributed by atoms with Crippen LogP contribution in [0, 0.1) is 5.82 Å². The zero-order valence-electron chi connectivity index (χ0n) is 17.8. The highest BCUT2D eigenvalue weighted by Crippen LogP contribution is 2.28. The van der Waals surface area contributed by atoms with Crippen LogP contribution in [0.1, 0.15) is 11.1 Å². The first-order valence-electron chi connectivity index (χ1n) is 10.0. The van der Waals surface area contributed by atoms with E-state index in [9.17, 15) is 14.0 Å². The van der Waals surface area contributed by atoms with Crippen molar-refractivity contribution in [3.63, 3.8) is 0 Å². The number of anilines is 1. The summed E-state index contributed by atoms with van der Waals surface area (Å²) in [5, 5.41) is 7.69. The maximum atomic E-state index is 12.9. The predicted molar refractivity (Wildman–Crippen MR) is 135 cm³/mol. The number of carbonyl (C=O) groups is 2. The van der Waals surface area contributed by atoms with Crippen LogP contribution in [-0.4, -0.2) is 30.4 Å². The quantitative estimate of drug-likeness (QED) is 0.272. The van der Waals surface area contributed by atoms with Crippen molar-refractivity contribution in [2.24, 2.45) is 5.10 Å². The standard InChI is InChI=1S/C24H20Cl2FN3O3S/c25-21-2-1-3-22(26)20(21)14-34-15-24(32)30-28-12-16-4-10-19(11-5-16)33-13-23(31)29-18-8-6-17(27)7-9-18/h1-12H,13-15H2,(H,29,31)(H,30,32)/b28-12-. The van der Waals surface area contributed by atoms with Crippen LogP contribution in [0.25, 0.3) is 0 Å². The largest absolute Gasteiger partial charge is 0.484 e. The topological polar surface area (TPSA) is 79.8 Å². The van der Waals surface area contributed by atoms with Crippen molar-refractivity contribution in [1.29, 1.82) is 0 Å². The van der Waals surface area contributed by atoms with Crippen molar-refractivity contribution in [3.05, 3.63) is 93.7 Å². The molecule has 0 bridgehead atoms. The van der Waals surface area contributed by atoms with E-state index in [4.69, 9.17) is 27.9 Å². The lowest BCUT2D eigenvalue weighted by Crippen LogP contribution is -2.20. The fourth-order valence-electron chi connectivity index (χ4n) is 2.66. The number of amides is 2. The molecule has 0 aromatic heterocycles. The normalized spacial score (nSPS) is 10.8. The lowest BCUT2D eigenvalue weighted by Gasteiger charge is -2.07. The van der Waals surface area contributed by atoms with Crippen LogP contribution in [0.2, 0.25) is 10.0 Å². The van der Waals surface area contributed by atoms with Crippen LogP contribution in [-0.2, 0) is 15.3 Å². The number of hydrogen-bond acceptors (Lipinski definition) is 5. The number of thioether (sulfide) groups is 1. The minimum absolute atomic E-state index is 0.196. The number of ether oxygens (including phenoxy) is 1. The Morgan fingerprint density at radius 3 is 2.32 bits per heavy atom. The summed E-state index contributed by atoms with van der Waals surface area (Å²) < 4.78 is 18.3. The van der Waals surface area contributed by atoms with Crippen molar-refractivity contribution >= 4 is 58.7 Å². The van der Waals surface area contributed by atoms with Crippen LogP contribution in [0.4, 0.5) is 10.1 Å². The average Bonchev–Trinajstić information content (AvgIpc) is 2.82. The monoisotopic (exact) mass is 519 g/mol. The number of rotatable bonds is 10. The summed E-state index contributed by atoms with van der Waals surface area (Å²) in [6.45, 7) is -0.196. The third-order valence-electron chi connectivity index (χ3n) is 4.32. The smallest absolute Gasteiger partial charge is 0.262 e. The van der Waals surface area contributed by atoms with Gasteiger partial charge in [0.25, 0.3) is 5.91 Å². The van der Waals surface area contributed by atoms with E-state index in [0.717, 1.165) is 11.1 Å². The number of benzene rings is 3. The van der Waals surface area contributed by atoms with Crippen molar-refractivity contribution in [3.8, 4) is 5.75 Å². The van der Waals surface area contributed by atoms with Crippen LogP contribution in [0.3, 0.4) is 0 Å². The molecule has 34 heavy (non-hydrogen) atoms. The molecule has 10 heteroatoms. The molecule has 2 N–H and O–H groups in total. The van der Waals surface area contributed by atoms with Gasteiger partial charge in [-0.05, 0) is 71.8 Å². The third-order valence-corrected chi connectivity index (χ3v) is 5.99. The van der Waals surface area contributed by atoms with Crippen LogP contribution in [0.15, 0.2) is 71.8 Å². The van der Waals surface area contributed by atoms with Gasteiger partial charge in [-0.15, -0.1) is 11.8 Å². The molecule has 3 aromatic carbocycles. The fourth-order valence-corrected chi connectivity index (χ4v) is 4.21. The Morgan fingerprint density at radius 2 is 1.65 bits per heavy atom. The number of hydrazone groups is 1. The van der Waals surface area contributed by atoms with E-state index >= 15 is 0 Å². The molecule has 0 spiro atoms. The SMILES string of the molecule is O=C(CSCc1c(Cl)cccc1Cl)N/N=C\c1ccc(OCC(=O)Nc2ccc(F)cc2)cc1. The van der Waals surface area contributed by atoms with Gasteiger partial charge in [-0.2, -0.15) is 5.10 Å². The van der Waals surface area contributed by atoms with Crippen molar-refractivity contribution in [2.45, 2.75) is 5.75 Å². The van der Waals surface area contributed by atoms with Crippen LogP contribution < -0.4 is 15.5 Å². The van der Waals surface area contributed by atoms with Crippen LogP contribution >= 0.6 is 35.0 Å². The Balaban J connectivity index is 1.37. The predicted octanol–water partition coefficient (Wildman–Crippen LogP) is 5.53. The second-order valence-electron chi connectivity index (χ2n) is 6.90. The highest BCUT2D eigenvalue weighted by atomic mass is 35.5. The summed E-state index contributed by atoms with van der Waals surface area (Å²) in [6, 6.07) is 17.6. The minimum atomic E-state index is -0.380. The van der Waals surface area contributed by atoms with Crippen molar-refractivity contribution < 1.29 is 18.7 Å². The van der Waals surface area contributed by atoms with E-state index in [1.807, 2.05) is 0 Å². The molecular weight excluding hydrogens is 500 g/mol. The zero-order chi connectivity index (χ0) is 24.3. The van der Waals surface area contributed by atoms with E-state index in [2.05, 4.69) is 15.8 Å². The molecule has 0 aliphatic heterocycles. The van der Waals surface area contributed by atoms with E-state index in [1.165, 1.54) is 42.2 Å². The average molecular weight is 520 g/mol. The molecule has 0 fully saturated rings. The maximum Gasteiger partial charge on any atom is 0.262 e. The lowest BCUT2D eigenvalue weighted by atomic mass is 10.2. The Hall–Kier alpha value is -3.07. The molecule has 6 nitrogen and oxygen atoms in total. The van der Waals surface area contributed by atoms with E-state index in [-0.39, 0.29) is 30.0 Å². The van der Waals surface area contributed by atoms with Crippen molar-refractivity contribution in [2.75, 3.05) is 17.7 Å². The molecule has 0 aliphatic carbocycles. The van der Waals surface area contributed by atoms with Gasteiger partial charge in [0.2, 0.25) is 5.91 Å². The minimum Gasteiger partial charge on any atom is -0.484 e. The molecule has 0 aliphatic rings.